The predicted molar refractivity (Wildman–Crippen MR) is 108 cm³/mol. The van der Waals surface area contributed by atoms with E-state index < -0.39 is 24.4 Å². The lowest BCUT2D eigenvalue weighted by atomic mass is 10.2. The van der Waals surface area contributed by atoms with Gasteiger partial charge in [0.25, 0.3) is 11.8 Å². The zero-order valence-corrected chi connectivity index (χ0v) is 16.3. The Morgan fingerprint density at radius 1 is 0.931 bits per heavy atom. The Balaban J connectivity index is 1.86. The van der Waals surface area contributed by atoms with Gasteiger partial charge in [-0.1, -0.05) is 24.3 Å². The molecule has 2 amide bonds. The van der Waals surface area contributed by atoms with Crippen LogP contribution >= 0.6 is 0 Å². The summed E-state index contributed by atoms with van der Waals surface area (Å²) in [4.78, 5) is 35.4. The van der Waals surface area contributed by atoms with Crippen molar-refractivity contribution < 1.29 is 28.6 Å². The zero-order valence-electron chi connectivity index (χ0n) is 16.3. The molecule has 0 aromatic heterocycles. The SMILES string of the molecule is CCOc1ccc(/C=C/C(=O)OCC(=O)NC(=O)c2ccccc2)cc1OCC. The van der Waals surface area contributed by atoms with Gasteiger partial charge in [0.1, 0.15) is 0 Å². The number of rotatable bonds is 9. The highest BCUT2D eigenvalue weighted by Gasteiger charge is 2.11. The highest BCUT2D eigenvalue weighted by molar-refractivity contribution is 6.05. The maximum Gasteiger partial charge on any atom is 0.331 e. The molecule has 7 heteroatoms. The van der Waals surface area contributed by atoms with Crippen LogP contribution in [0.1, 0.15) is 29.8 Å². The minimum atomic E-state index is -0.709. The lowest BCUT2D eigenvalue weighted by Gasteiger charge is -2.11. The normalized spacial score (nSPS) is 10.4. The smallest absolute Gasteiger partial charge is 0.331 e. The molecule has 0 atom stereocenters. The topological polar surface area (TPSA) is 90.9 Å². The Bertz CT molecular complexity index is 876. The van der Waals surface area contributed by atoms with Gasteiger partial charge in [-0.05, 0) is 49.8 Å². The van der Waals surface area contributed by atoms with Crippen molar-refractivity contribution >= 4 is 23.9 Å². The molecule has 0 aliphatic carbocycles. The van der Waals surface area contributed by atoms with Crippen molar-refractivity contribution in [3.63, 3.8) is 0 Å². The van der Waals surface area contributed by atoms with Crippen molar-refractivity contribution in [2.45, 2.75) is 13.8 Å². The minimum absolute atomic E-state index is 0.340. The van der Waals surface area contributed by atoms with Crippen molar-refractivity contribution in [1.82, 2.24) is 5.32 Å². The molecule has 2 rings (SSSR count). The maximum atomic E-state index is 11.9. The van der Waals surface area contributed by atoms with Gasteiger partial charge in [-0.15, -0.1) is 0 Å². The molecule has 0 saturated heterocycles. The second kappa shape index (κ2) is 11.3. The molecule has 0 saturated carbocycles. The van der Waals surface area contributed by atoms with Gasteiger partial charge in [0.15, 0.2) is 18.1 Å². The maximum absolute atomic E-state index is 11.9. The number of amides is 2. The molecular weight excluding hydrogens is 374 g/mol. The van der Waals surface area contributed by atoms with Crippen molar-refractivity contribution in [2.24, 2.45) is 0 Å². The summed E-state index contributed by atoms with van der Waals surface area (Å²) in [5.74, 6) is -0.781. The van der Waals surface area contributed by atoms with E-state index in [1.54, 1.807) is 48.5 Å². The molecule has 0 bridgehead atoms. The molecule has 0 fully saturated rings. The summed E-state index contributed by atoms with van der Waals surface area (Å²) in [6, 6.07) is 13.5. The van der Waals surface area contributed by atoms with Gasteiger partial charge in [0.05, 0.1) is 13.2 Å². The number of nitrogens with one attached hydrogen (secondary N) is 1. The molecule has 1 N–H and O–H groups in total. The first kappa shape index (κ1) is 21.7. The predicted octanol–water partition coefficient (Wildman–Crippen LogP) is 3.00. The van der Waals surface area contributed by atoms with Crippen LogP contribution in [0.4, 0.5) is 0 Å². The number of imide groups is 1. The number of hydrogen-bond donors (Lipinski definition) is 1. The molecule has 29 heavy (non-hydrogen) atoms. The molecule has 2 aromatic rings. The lowest BCUT2D eigenvalue weighted by molar-refractivity contribution is -0.143. The van der Waals surface area contributed by atoms with Crippen LogP contribution in [-0.2, 0) is 14.3 Å². The van der Waals surface area contributed by atoms with E-state index >= 15 is 0 Å². The van der Waals surface area contributed by atoms with Crippen LogP contribution in [0.25, 0.3) is 6.08 Å². The summed E-state index contributed by atoms with van der Waals surface area (Å²) in [5.41, 5.74) is 1.05. The van der Waals surface area contributed by atoms with E-state index in [-0.39, 0.29) is 0 Å². The fourth-order valence-electron chi connectivity index (χ4n) is 2.34. The summed E-state index contributed by atoms with van der Waals surface area (Å²) in [7, 11) is 0. The number of ether oxygens (including phenoxy) is 3. The third-order valence-corrected chi connectivity index (χ3v) is 3.61. The van der Waals surface area contributed by atoms with Crippen molar-refractivity contribution in [2.75, 3.05) is 19.8 Å². The summed E-state index contributed by atoms with van der Waals surface area (Å²) in [6.07, 6.45) is 2.73. The second-order valence-electron chi connectivity index (χ2n) is 5.76. The summed E-state index contributed by atoms with van der Waals surface area (Å²) in [6.45, 7) is 4.17. The van der Waals surface area contributed by atoms with Crippen molar-refractivity contribution in [3.8, 4) is 11.5 Å². The van der Waals surface area contributed by atoms with Gasteiger partial charge < -0.3 is 14.2 Å². The van der Waals surface area contributed by atoms with Gasteiger partial charge in [-0.25, -0.2) is 4.79 Å². The Morgan fingerprint density at radius 3 is 2.31 bits per heavy atom. The molecule has 0 spiro atoms. The third-order valence-electron chi connectivity index (χ3n) is 3.61. The van der Waals surface area contributed by atoms with E-state index in [9.17, 15) is 14.4 Å². The quantitative estimate of drug-likeness (QED) is 0.517. The van der Waals surface area contributed by atoms with E-state index in [4.69, 9.17) is 14.2 Å². The molecule has 0 radical (unpaired) electrons. The first-order valence-corrected chi connectivity index (χ1v) is 9.17. The summed E-state index contributed by atoms with van der Waals surface area (Å²) >= 11 is 0. The average Bonchev–Trinajstić information content (AvgIpc) is 2.73. The molecule has 0 aliphatic rings. The Morgan fingerprint density at radius 2 is 1.62 bits per heavy atom. The fourth-order valence-corrected chi connectivity index (χ4v) is 2.34. The lowest BCUT2D eigenvalue weighted by Crippen LogP contribution is -2.33. The largest absolute Gasteiger partial charge is 0.490 e. The van der Waals surface area contributed by atoms with Crippen LogP contribution in [0.3, 0.4) is 0 Å². The fraction of sp³-hybridized carbons (Fsp3) is 0.227. The van der Waals surface area contributed by atoms with E-state index in [2.05, 4.69) is 5.32 Å². The molecular formula is C22H23NO6. The number of esters is 1. The molecule has 0 unspecified atom stereocenters. The molecule has 152 valence electrons. The number of benzene rings is 2. The van der Waals surface area contributed by atoms with Gasteiger partial charge in [-0.3, -0.25) is 14.9 Å². The van der Waals surface area contributed by atoms with Gasteiger partial charge in [-0.2, -0.15) is 0 Å². The first-order valence-electron chi connectivity index (χ1n) is 9.17. The highest BCUT2D eigenvalue weighted by Crippen LogP contribution is 2.29. The van der Waals surface area contributed by atoms with Crippen molar-refractivity contribution in [1.29, 1.82) is 0 Å². The number of carbonyl (C=O) groups is 3. The number of hydrogen-bond acceptors (Lipinski definition) is 6. The van der Waals surface area contributed by atoms with E-state index in [0.717, 1.165) is 0 Å². The molecule has 7 nitrogen and oxygen atoms in total. The molecule has 2 aromatic carbocycles. The summed E-state index contributed by atoms with van der Waals surface area (Å²) < 4.78 is 15.9. The third kappa shape index (κ3) is 7.14. The van der Waals surface area contributed by atoms with Gasteiger partial charge >= 0.3 is 5.97 Å². The van der Waals surface area contributed by atoms with Crippen LogP contribution in [0.15, 0.2) is 54.6 Å². The van der Waals surface area contributed by atoms with Crippen LogP contribution in [-0.4, -0.2) is 37.6 Å². The van der Waals surface area contributed by atoms with Crippen LogP contribution in [0.2, 0.25) is 0 Å². The minimum Gasteiger partial charge on any atom is -0.490 e. The Hall–Kier alpha value is -3.61. The Labute approximate surface area is 169 Å². The van der Waals surface area contributed by atoms with E-state index in [1.807, 2.05) is 13.8 Å². The van der Waals surface area contributed by atoms with E-state index in [1.165, 1.54) is 12.2 Å². The van der Waals surface area contributed by atoms with Crippen LogP contribution in [0.5, 0.6) is 11.5 Å². The van der Waals surface area contributed by atoms with Crippen LogP contribution < -0.4 is 14.8 Å². The van der Waals surface area contributed by atoms with Gasteiger partial charge in [0, 0.05) is 11.6 Å². The number of carbonyl (C=O) groups excluding carboxylic acids is 3. The van der Waals surface area contributed by atoms with Crippen molar-refractivity contribution in [3.05, 3.63) is 65.7 Å². The van der Waals surface area contributed by atoms with E-state index in [0.29, 0.717) is 35.8 Å². The summed E-state index contributed by atoms with van der Waals surface area (Å²) in [5, 5.41) is 2.16. The standard InChI is InChI=1S/C22H23NO6/c1-3-27-18-12-10-16(14-19(18)28-4-2)11-13-21(25)29-15-20(24)23-22(26)17-8-6-5-7-9-17/h5-14H,3-4,15H2,1-2H3,(H,23,24,26)/b13-11+. The first-order chi connectivity index (χ1) is 14.0. The molecule has 0 heterocycles. The Kier molecular flexibility index (Phi) is 8.44. The van der Waals surface area contributed by atoms with Crippen LogP contribution in [0, 0.1) is 0 Å². The molecule has 0 aliphatic heterocycles. The zero-order chi connectivity index (χ0) is 21.1. The average molecular weight is 397 g/mol. The van der Waals surface area contributed by atoms with Gasteiger partial charge in [0.2, 0.25) is 0 Å². The monoisotopic (exact) mass is 397 g/mol. The highest BCUT2D eigenvalue weighted by atomic mass is 16.5. The second-order valence-corrected chi connectivity index (χ2v) is 5.76.